The summed E-state index contributed by atoms with van der Waals surface area (Å²) in [5.41, 5.74) is 2.13. The first-order valence-corrected chi connectivity index (χ1v) is 12.1. The quantitative estimate of drug-likeness (QED) is 0.708. The molecule has 4 rings (SSSR count). The summed E-state index contributed by atoms with van der Waals surface area (Å²) in [5, 5.41) is 2.99. The molecule has 1 aliphatic heterocycles. The van der Waals surface area contributed by atoms with Gasteiger partial charge in [0.1, 0.15) is 5.75 Å². The smallest absolute Gasteiger partial charge is 0.254 e. The standard InChI is InChI=1S/C27H33N3O4/c1-34-24-12-5-7-20(17-24)18-25(31)29-13-15-30(16-14-29)27(33)22-10-6-11-23(19-22)28-26(32)21-8-3-2-4-9-21/h5-7,10-12,17,19,21H,2-4,8-9,13-16,18H2,1H3,(H,28,32). The van der Waals surface area contributed by atoms with Gasteiger partial charge in [-0.1, -0.05) is 37.5 Å². The largest absolute Gasteiger partial charge is 0.497 e. The van der Waals surface area contributed by atoms with Crippen LogP contribution in [0.5, 0.6) is 5.75 Å². The minimum absolute atomic E-state index is 0.0486. The monoisotopic (exact) mass is 463 g/mol. The fourth-order valence-electron chi connectivity index (χ4n) is 4.75. The van der Waals surface area contributed by atoms with Crippen LogP contribution < -0.4 is 10.1 Å². The molecule has 180 valence electrons. The van der Waals surface area contributed by atoms with Gasteiger partial charge < -0.3 is 19.9 Å². The normalized spacial score (nSPS) is 16.7. The molecule has 2 aromatic rings. The topological polar surface area (TPSA) is 79.0 Å². The summed E-state index contributed by atoms with van der Waals surface area (Å²) in [7, 11) is 1.61. The van der Waals surface area contributed by atoms with Gasteiger partial charge in [-0.2, -0.15) is 0 Å². The van der Waals surface area contributed by atoms with Crippen molar-refractivity contribution in [1.82, 2.24) is 9.80 Å². The van der Waals surface area contributed by atoms with Crippen molar-refractivity contribution >= 4 is 23.4 Å². The van der Waals surface area contributed by atoms with Gasteiger partial charge in [0.05, 0.1) is 13.5 Å². The van der Waals surface area contributed by atoms with Crippen molar-refractivity contribution in [2.75, 3.05) is 38.6 Å². The van der Waals surface area contributed by atoms with Gasteiger partial charge in [-0.3, -0.25) is 14.4 Å². The van der Waals surface area contributed by atoms with E-state index < -0.39 is 0 Å². The summed E-state index contributed by atoms with van der Waals surface area (Å²) >= 11 is 0. The first-order chi connectivity index (χ1) is 16.5. The second-order valence-corrected chi connectivity index (χ2v) is 9.11. The number of hydrogen-bond acceptors (Lipinski definition) is 4. The Morgan fingerprint density at radius 1 is 0.912 bits per heavy atom. The lowest BCUT2D eigenvalue weighted by Crippen LogP contribution is -2.51. The van der Waals surface area contributed by atoms with Crippen molar-refractivity contribution in [3.63, 3.8) is 0 Å². The summed E-state index contributed by atoms with van der Waals surface area (Å²) in [5.74, 6) is 0.822. The predicted molar refractivity (Wildman–Crippen MR) is 131 cm³/mol. The van der Waals surface area contributed by atoms with Gasteiger partial charge in [0.25, 0.3) is 5.91 Å². The molecular formula is C27H33N3O4. The van der Waals surface area contributed by atoms with Gasteiger partial charge in [0.15, 0.2) is 0 Å². The van der Waals surface area contributed by atoms with Crippen LogP contribution in [0.25, 0.3) is 0 Å². The van der Waals surface area contributed by atoms with Crippen molar-refractivity contribution in [3.05, 3.63) is 59.7 Å². The maximum Gasteiger partial charge on any atom is 0.254 e. The number of piperazine rings is 1. The summed E-state index contributed by atoms with van der Waals surface area (Å²) in [4.78, 5) is 42.0. The number of anilines is 1. The van der Waals surface area contributed by atoms with E-state index >= 15 is 0 Å². The molecule has 7 nitrogen and oxygen atoms in total. The van der Waals surface area contributed by atoms with Crippen LogP contribution >= 0.6 is 0 Å². The van der Waals surface area contributed by atoms with Crippen LogP contribution in [0.1, 0.15) is 48.0 Å². The highest BCUT2D eigenvalue weighted by Gasteiger charge is 2.26. The predicted octanol–water partition coefficient (Wildman–Crippen LogP) is 3.74. The van der Waals surface area contributed by atoms with Gasteiger partial charge in [-0.05, 0) is 48.7 Å². The third-order valence-corrected chi connectivity index (χ3v) is 6.76. The molecule has 0 aromatic heterocycles. The number of carbonyl (C=O) groups excluding carboxylic acids is 3. The lowest BCUT2D eigenvalue weighted by atomic mass is 9.88. The molecule has 0 spiro atoms. The lowest BCUT2D eigenvalue weighted by Gasteiger charge is -2.35. The van der Waals surface area contributed by atoms with Gasteiger partial charge in [-0.15, -0.1) is 0 Å². The van der Waals surface area contributed by atoms with E-state index in [1.54, 1.807) is 30.2 Å². The molecule has 0 bridgehead atoms. The van der Waals surface area contributed by atoms with Crippen molar-refractivity contribution < 1.29 is 19.1 Å². The van der Waals surface area contributed by atoms with E-state index in [2.05, 4.69) is 5.32 Å². The number of ether oxygens (including phenoxy) is 1. The second-order valence-electron chi connectivity index (χ2n) is 9.11. The molecular weight excluding hydrogens is 430 g/mol. The number of nitrogens with one attached hydrogen (secondary N) is 1. The zero-order valence-corrected chi connectivity index (χ0v) is 19.8. The van der Waals surface area contributed by atoms with Crippen LogP contribution in [0.2, 0.25) is 0 Å². The fourth-order valence-corrected chi connectivity index (χ4v) is 4.75. The lowest BCUT2D eigenvalue weighted by molar-refractivity contribution is -0.132. The molecule has 7 heteroatoms. The maximum absolute atomic E-state index is 13.1. The Hall–Kier alpha value is -3.35. The van der Waals surface area contributed by atoms with Gasteiger partial charge in [-0.25, -0.2) is 0 Å². The van der Waals surface area contributed by atoms with Crippen molar-refractivity contribution in [1.29, 1.82) is 0 Å². The number of rotatable bonds is 6. The summed E-state index contributed by atoms with van der Waals surface area (Å²) < 4.78 is 5.23. The molecule has 0 unspecified atom stereocenters. The highest BCUT2D eigenvalue weighted by Crippen LogP contribution is 2.25. The first kappa shape index (κ1) is 23.8. The van der Waals surface area contributed by atoms with Gasteiger partial charge in [0, 0.05) is 43.3 Å². The molecule has 2 aromatic carbocycles. The molecule has 1 N–H and O–H groups in total. The Labute approximate surface area is 201 Å². The van der Waals surface area contributed by atoms with Crippen LogP contribution in [0.15, 0.2) is 48.5 Å². The molecule has 1 saturated heterocycles. The molecule has 1 aliphatic carbocycles. The highest BCUT2D eigenvalue weighted by atomic mass is 16.5. The molecule has 2 fully saturated rings. The highest BCUT2D eigenvalue weighted by molar-refractivity contribution is 5.97. The van der Waals surface area contributed by atoms with Crippen molar-refractivity contribution in [2.24, 2.45) is 5.92 Å². The average Bonchev–Trinajstić information content (AvgIpc) is 2.89. The van der Waals surface area contributed by atoms with Gasteiger partial charge in [0.2, 0.25) is 11.8 Å². The summed E-state index contributed by atoms with van der Waals surface area (Å²) in [6.45, 7) is 1.99. The van der Waals surface area contributed by atoms with E-state index in [-0.39, 0.29) is 23.6 Å². The number of benzene rings is 2. The van der Waals surface area contributed by atoms with E-state index in [1.807, 2.05) is 35.2 Å². The van der Waals surface area contributed by atoms with Crippen LogP contribution in [0, 0.1) is 5.92 Å². The number of amides is 3. The minimum atomic E-state index is -0.0753. The fraction of sp³-hybridized carbons (Fsp3) is 0.444. The maximum atomic E-state index is 13.1. The summed E-state index contributed by atoms with van der Waals surface area (Å²) in [6, 6.07) is 14.7. The Kier molecular flexibility index (Phi) is 7.83. The third kappa shape index (κ3) is 5.95. The molecule has 3 amide bonds. The molecule has 34 heavy (non-hydrogen) atoms. The van der Waals surface area contributed by atoms with E-state index in [0.29, 0.717) is 43.9 Å². The number of methoxy groups -OCH3 is 1. The van der Waals surface area contributed by atoms with E-state index in [9.17, 15) is 14.4 Å². The van der Waals surface area contributed by atoms with Crippen LogP contribution in [0.4, 0.5) is 5.69 Å². The van der Waals surface area contributed by atoms with E-state index in [1.165, 1.54) is 6.42 Å². The third-order valence-electron chi connectivity index (χ3n) is 6.76. The summed E-state index contributed by atoms with van der Waals surface area (Å²) in [6.07, 6.45) is 5.59. The molecule has 0 atom stereocenters. The molecule has 2 aliphatic rings. The molecule has 1 heterocycles. The Morgan fingerprint density at radius 3 is 2.35 bits per heavy atom. The zero-order chi connectivity index (χ0) is 23.9. The zero-order valence-electron chi connectivity index (χ0n) is 19.8. The first-order valence-electron chi connectivity index (χ1n) is 12.1. The Bertz CT molecular complexity index is 1020. The molecule has 1 saturated carbocycles. The number of nitrogens with zero attached hydrogens (tertiary/aromatic N) is 2. The van der Waals surface area contributed by atoms with Crippen molar-refractivity contribution in [3.8, 4) is 5.75 Å². The van der Waals surface area contributed by atoms with E-state index in [4.69, 9.17) is 4.74 Å². The average molecular weight is 464 g/mol. The van der Waals surface area contributed by atoms with Crippen LogP contribution in [-0.2, 0) is 16.0 Å². The van der Waals surface area contributed by atoms with Gasteiger partial charge >= 0.3 is 0 Å². The Morgan fingerprint density at radius 2 is 1.62 bits per heavy atom. The molecule has 0 radical (unpaired) electrons. The Balaban J connectivity index is 1.30. The SMILES string of the molecule is COc1cccc(CC(=O)N2CCN(C(=O)c3cccc(NC(=O)C4CCCCC4)c3)CC2)c1. The van der Waals surface area contributed by atoms with E-state index in [0.717, 1.165) is 37.0 Å². The minimum Gasteiger partial charge on any atom is -0.497 e. The number of hydrogen-bond donors (Lipinski definition) is 1. The second kappa shape index (κ2) is 11.2. The van der Waals surface area contributed by atoms with Crippen LogP contribution in [-0.4, -0.2) is 60.8 Å². The number of carbonyl (C=O) groups is 3. The van der Waals surface area contributed by atoms with Crippen molar-refractivity contribution in [2.45, 2.75) is 38.5 Å². The van der Waals surface area contributed by atoms with Crippen LogP contribution in [0.3, 0.4) is 0 Å².